The van der Waals surface area contributed by atoms with Crippen LogP contribution in [-0.2, 0) is 9.63 Å². The number of nitrogens with zero attached hydrogens (tertiary/aromatic N) is 1. The van der Waals surface area contributed by atoms with Gasteiger partial charge in [-0.3, -0.25) is 0 Å². The van der Waals surface area contributed by atoms with Crippen molar-refractivity contribution < 1.29 is 9.63 Å². The second-order valence-electron chi connectivity index (χ2n) is 2.55. The molecule has 0 aliphatic rings. The Hall–Kier alpha value is -1.26. The Morgan fingerprint density at radius 1 is 1.33 bits per heavy atom. The van der Waals surface area contributed by atoms with Gasteiger partial charge in [0.1, 0.15) is 0 Å². The minimum absolute atomic E-state index is 0.0814. The average Bonchev–Trinajstić information content (AvgIpc) is 2.26. The zero-order chi connectivity index (χ0) is 11.3. The van der Waals surface area contributed by atoms with Crippen molar-refractivity contribution in [1.82, 2.24) is 0 Å². The summed E-state index contributed by atoms with van der Waals surface area (Å²) in [4.78, 5) is 13.9. The summed E-state index contributed by atoms with van der Waals surface area (Å²) in [6, 6.07) is 8.85. The van der Waals surface area contributed by atoms with Crippen molar-refractivity contribution in [3.63, 3.8) is 0 Å². The molecule has 0 saturated heterocycles. The zero-order valence-corrected chi connectivity index (χ0v) is 9.07. The van der Waals surface area contributed by atoms with E-state index in [-0.39, 0.29) is 5.84 Å². The van der Waals surface area contributed by atoms with Crippen molar-refractivity contribution in [2.45, 2.75) is 4.84 Å². The molecule has 1 rings (SSSR count). The summed E-state index contributed by atoms with van der Waals surface area (Å²) in [5, 5.41) is 3.39. The Morgan fingerprint density at radius 2 is 1.93 bits per heavy atom. The van der Waals surface area contributed by atoms with Crippen LogP contribution in [0.3, 0.4) is 0 Å². The molecular weight excluding hydrogens is 239 g/mol. The Kier molecular flexibility index (Phi) is 4.39. The fraction of sp³-hybridized carbons (Fsp3) is 0.111. The molecule has 1 aromatic rings. The number of nitrogens with two attached hydrogens (primary N) is 1. The SMILES string of the molecule is N/C(=N\OC(=O)C(Cl)Cl)c1ccccc1. The first-order valence-electron chi connectivity index (χ1n) is 3.99. The van der Waals surface area contributed by atoms with Gasteiger partial charge in [0.2, 0.25) is 4.84 Å². The normalized spacial score (nSPS) is 11.5. The summed E-state index contributed by atoms with van der Waals surface area (Å²) < 4.78 is 0. The van der Waals surface area contributed by atoms with E-state index in [9.17, 15) is 4.79 Å². The first kappa shape index (κ1) is 11.8. The quantitative estimate of drug-likeness (QED) is 0.290. The van der Waals surface area contributed by atoms with Crippen molar-refractivity contribution in [3.05, 3.63) is 35.9 Å². The van der Waals surface area contributed by atoms with Crippen LogP contribution in [0.4, 0.5) is 0 Å². The van der Waals surface area contributed by atoms with Gasteiger partial charge in [0, 0.05) is 5.56 Å². The molecule has 2 N–H and O–H groups in total. The maximum Gasteiger partial charge on any atom is 0.367 e. The van der Waals surface area contributed by atoms with Gasteiger partial charge in [-0.15, -0.1) is 0 Å². The summed E-state index contributed by atoms with van der Waals surface area (Å²) in [7, 11) is 0. The molecule has 0 saturated carbocycles. The summed E-state index contributed by atoms with van der Waals surface area (Å²) in [6.07, 6.45) is 0. The Morgan fingerprint density at radius 3 is 2.47 bits per heavy atom. The number of oxime groups is 1. The third-order valence-electron chi connectivity index (χ3n) is 1.48. The fourth-order valence-electron chi connectivity index (χ4n) is 0.796. The van der Waals surface area contributed by atoms with Crippen molar-refractivity contribution in [1.29, 1.82) is 0 Å². The number of benzene rings is 1. The molecule has 0 fully saturated rings. The molecule has 0 amide bonds. The first-order chi connectivity index (χ1) is 7.11. The third kappa shape index (κ3) is 3.77. The van der Waals surface area contributed by atoms with Crippen LogP contribution < -0.4 is 5.73 Å². The predicted molar refractivity (Wildman–Crippen MR) is 58.8 cm³/mol. The van der Waals surface area contributed by atoms with Gasteiger partial charge in [-0.25, -0.2) is 4.79 Å². The molecule has 0 aliphatic heterocycles. The molecule has 0 bridgehead atoms. The molecule has 80 valence electrons. The van der Waals surface area contributed by atoms with Gasteiger partial charge >= 0.3 is 5.97 Å². The van der Waals surface area contributed by atoms with Gasteiger partial charge in [0.05, 0.1) is 0 Å². The molecule has 6 heteroatoms. The summed E-state index contributed by atoms with van der Waals surface area (Å²) in [5.74, 6) is -0.782. The smallest absolute Gasteiger partial charge is 0.367 e. The van der Waals surface area contributed by atoms with Crippen LogP contribution in [0.15, 0.2) is 35.5 Å². The second-order valence-corrected chi connectivity index (χ2v) is 3.65. The van der Waals surface area contributed by atoms with E-state index >= 15 is 0 Å². The van der Waals surface area contributed by atoms with E-state index < -0.39 is 10.8 Å². The molecule has 0 unspecified atom stereocenters. The molecule has 15 heavy (non-hydrogen) atoms. The number of halogens is 2. The van der Waals surface area contributed by atoms with E-state index in [0.717, 1.165) is 0 Å². The third-order valence-corrected chi connectivity index (χ3v) is 1.84. The highest BCUT2D eigenvalue weighted by Gasteiger charge is 2.13. The molecule has 4 nitrogen and oxygen atoms in total. The maximum atomic E-state index is 10.8. The standard InChI is InChI=1S/C9H8Cl2N2O2/c10-7(11)9(14)15-13-8(12)6-4-2-1-3-5-6/h1-5,7H,(H2,12,13). The fourth-order valence-corrected chi connectivity index (χ4v) is 0.875. The van der Waals surface area contributed by atoms with Crippen LogP contribution in [0.5, 0.6) is 0 Å². The van der Waals surface area contributed by atoms with Crippen LogP contribution in [0, 0.1) is 0 Å². The van der Waals surface area contributed by atoms with E-state index in [0.29, 0.717) is 5.56 Å². The van der Waals surface area contributed by atoms with E-state index in [2.05, 4.69) is 9.99 Å². The number of carbonyl (C=O) groups excluding carboxylic acids is 1. The van der Waals surface area contributed by atoms with E-state index in [4.69, 9.17) is 28.9 Å². The number of hydrogen-bond acceptors (Lipinski definition) is 3. The zero-order valence-electron chi connectivity index (χ0n) is 7.56. The molecule has 0 aromatic heterocycles. The Labute approximate surface area is 96.6 Å². The van der Waals surface area contributed by atoms with Gasteiger partial charge < -0.3 is 10.6 Å². The Bertz CT molecular complexity index is 366. The largest absolute Gasteiger partial charge is 0.380 e. The van der Waals surface area contributed by atoms with Gasteiger partial charge in [0.25, 0.3) is 0 Å². The first-order valence-corrected chi connectivity index (χ1v) is 4.86. The molecule has 1 aromatic carbocycles. The van der Waals surface area contributed by atoms with Crippen molar-refractivity contribution >= 4 is 35.0 Å². The van der Waals surface area contributed by atoms with Crippen molar-refractivity contribution in [2.75, 3.05) is 0 Å². The highest BCUT2D eigenvalue weighted by Crippen LogP contribution is 2.04. The number of amidine groups is 1. The molecule has 0 spiro atoms. The highest BCUT2D eigenvalue weighted by atomic mass is 35.5. The van der Waals surface area contributed by atoms with E-state index in [1.165, 1.54) is 0 Å². The van der Waals surface area contributed by atoms with Crippen LogP contribution >= 0.6 is 23.2 Å². The second kappa shape index (κ2) is 5.58. The molecular formula is C9H8Cl2N2O2. The molecule has 0 heterocycles. The molecule has 0 aliphatic carbocycles. The maximum absolute atomic E-state index is 10.8. The minimum Gasteiger partial charge on any atom is -0.380 e. The number of hydrogen-bond donors (Lipinski definition) is 1. The Balaban J connectivity index is 2.65. The average molecular weight is 247 g/mol. The lowest BCUT2D eigenvalue weighted by atomic mass is 10.2. The van der Waals surface area contributed by atoms with Gasteiger partial charge in [-0.2, -0.15) is 0 Å². The van der Waals surface area contributed by atoms with Gasteiger partial charge in [-0.05, 0) is 0 Å². The van der Waals surface area contributed by atoms with Crippen molar-refractivity contribution in [3.8, 4) is 0 Å². The summed E-state index contributed by atoms with van der Waals surface area (Å²) in [5.41, 5.74) is 6.17. The minimum atomic E-state index is -1.27. The number of rotatable bonds is 3. The number of alkyl halides is 2. The lowest BCUT2D eigenvalue weighted by Crippen LogP contribution is -2.17. The van der Waals surface area contributed by atoms with E-state index in [1.807, 2.05) is 6.07 Å². The highest BCUT2D eigenvalue weighted by molar-refractivity contribution is 6.52. The van der Waals surface area contributed by atoms with Gasteiger partial charge in [-0.1, -0.05) is 58.7 Å². The molecule has 0 atom stereocenters. The summed E-state index contributed by atoms with van der Waals surface area (Å²) in [6.45, 7) is 0. The number of carbonyl (C=O) groups is 1. The molecule has 0 radical (unpaired) electrons. The van der Waals surface area contributed by atoms with E-state index in [1.54, 1.807) is 24.3 Å². The lowest BCUT2D eigenvalue weighted by molar-refractivity contribution is -0.141. The van der Waals surface area contributed by atoms with Crippen LogP contribution in [0.2, 0.25) is 0 Å². The van der Waals surface area contributed by atoms with Crippen LogP contribution in [0.1, 0.15) is 5.56 Å². The van der Waals surface area contributed by atoms with Crippen molar-refractivity contribution in [2.24, 2.45) is 10.9 Å². The summed E-state index contributed by atoms with van der Waals surface area (Å²) >= 11 is 10.5. The van der Waals surface area contributed by atoms with Gasteiger partial charge in [0.15, 0.2) is 5.84 Å². The topological polar surface area (TPSA) is 64.7 Å². The monoisotopic (exact) mass is 246 g/mol. The van der Waals surface area contributed by atoms with Crippen LogP contribution in [0.25, 0.3) is 0 Å². The van der Waals surface area contributed by atoms with Crippen LogP contribution in [-0.4, -0.2) is 16.6 Å². The predicted octanol–water partition coefficient (Wildman–Crippen LogP) is 1.65. The lowest BCUT2D eigenvalue weighted by Gasteiger charge is -2.00.